The SMILES string of the molecule is O=C(O)c1ccc(-c2c3[n+]4c(c(-c5ccc(C(=O)O)cc5)c5ccc6c(-c7ccc(C(=O)I)cc7)c7[n+]4c(c(-c4ccc(C(=O)O)cc4)c4ccc2n4Nn56)C=C7)C=C3)cc1. The Morgan fingerprint density at radius 2 is 0.639 bits per heavy atom. The van der Waals surface area contributed by atoms with E-state index in [4.69, 9.17) is 0 Å². The van der Waals surface area contributed by atoms with Crippen LogP contribution in [0.2, 0.25) is 0 Å². The van der Waals surface area contributed by atoms with Crippen LogP contribution in [0.1, 0.15) is 64.2 Å². The average Bonchev–Trinajstić information content (AvgIpc) is 4.07. The van der Waals surface area contributed by atoms with Crippen molar-refractivity contribution in [1.82, 2.24) is 9.35 Å². The molecule has 292 valence electrons. The standard InChI is InChI=1S/C48H26IN5O7/c49-45(55)29-9-1-25(2-10-29)41-33-17-18-34-42(26-3-11-30(12-4-26)46(56)57)39-23-24-40-44(28-7-15-32(16-8-28)48(60)61)36-20-19-35(52(36)50-51(33)34)43(27-5-13-31(14-6-27)47(58)59)38-22-21-37(41)53(38)54(39)40/h1-24H,(H2-2,50,55,56,57,58,59,60,61)/p+2. The van der Waals surface area contributed by atoms with E-state index in [-0.39, 0.29) is 20.5 Å². The molecule has 4 N–H and O–H groups in total. The highest BCUT2D eigenvalue weighted by atomic mass is 127. The molecule has 0 amide bonds. The summed E-state index contributed by atoms with van der Waals surface area (Å²) in [5.41, 5.74) is 17.2. The van der Waals surface area contributed by atoms with Crippen LogP contribution < -0.4 is 14.6 Å². The zero-order valence-electron chi connectivity index (χ0n) is 31.5. The molecule has 12 rings (SSSR count). The number of nitrogens with zero attached hydrogens (tertiary/aromatic N) is 4. The van der Waals surface area contributed by atoms with Crippen LogP contribution in [0, 0.1) is 0 Å². The molecule has 12 bridgehead atoms. The van der Waals surface area contributed by atoms with Crippen LogP contribution in [-0.4, -0.2) is 46.4 Å². The van der Waals surface area contributed by atoms with E-state index in [2.05, 4.69) is 26.7 Å². The van der Waals surface area contributed by atoms with Gasteiger partial charge in [-0.05, 0) is 95.1 Å². The largest absolute Gasteiger partial charge is 0.478 e. The predicted molar refractivity (Wildman–Crippen MR) is 237 cm³/mol. The monoisotopic (exact) mass is 913 g/mol. The number of carbonyl (C=O) groups excluding carboxylic acids is 1. The first-order chi connectivity index (χ1) is 29.6. The van der Waals surface area contributed by atoms with Crippen molar-refractivity contribution in [2.45, 2.75) is 0 Å². The zero-order valence-corrected chi connectivity index (χ0v) is 33.7. The van der Waals surface area contributed by atoms with Gasteiger partial charge in [0.1, 0.15) is 0 Å². The van der Waals surface area contributed by atoms with Gasteiger partial charge in [-0.1, -0.05) is 48.5 Å². The van der Waals surface area contributed by atoms with Crippen molar-refractivity contribution in [3.63, 3.8) is 0 Å². The van der Waals surface area contributed by atoms with Crippen LogP contribution in [0.25, 0.3) is 90.9 Å². The number of aromatic carboxylic acids is 3. The van der Waals surface area contributed by atoms with Gasteiger partial charge in [-0.3, -0.25) is 4.79 Å². The number of carboxylic acids is 3. The number of nitrogens with one attached hydrogen (secondary N) is 1. The fourth-order valence-electron chi connectivity index (χ4n) is 8.83. The third kappa shape index (κ3) is 5.36. The molecule has 12 nitrogen and oxygen atoms in total. The zero-order chi connectivity index (χ0) is 41.8. The maximum Gasteiger partial charge on any atom is 0.335 e. The van der Waals surface area contributed by atoms with Gasteiger partial charge < -0.3 is 15.3 Å². The predicted octanol–water partition coefficient (Wildman–Crippen LogP) is 8.67. The van der Waals surface area contributed by atoms with Crippen molar-refractivity contribution in [2.75, 3.05) is 5.53 Å². The molecule has 8 aromatic rings. The number of carboxylic acid groups (broad SMARTS) is 3. The fraction of sp³-hybridized carbons (Fsp3) is 0. The van der Waals surface area contributed by atoms with E-state index >= 15 is 0 Å². The summed E-state index contributed by atoms with van der Waals surface area (Å²) < 4.78 is 8.26. The van der Waals surface area contributed by atoms with Gasteiger partial charge in [-0.25, -0.2) is 29.3 Å². The molecular formula is C48H28IN5O7+2. The van der Waals surface area contributed by atoms with Crippen LogP contribution in [0.4, 0.5) is 0 Å². The van der Waals surface area contributed by atoms with Gasteiger partial charge >= 0.3 is 17.9 Å². The smallest absolute Gasteiger partial charge is 0.335 e. The minimum absolute atomic E-state index is 0.0861. The number of hydrogen-bond acceptors (Lipinski definition) is 5. The van der Waals surface area contributed by atoms with Crippen molar-refractivity contribution in [3.05, 3.63) is 166 Å². The Kier molecular flexibility index (Phi) is 7.89. The normalized spacial score (nSPS) is 12.5. The van der Waals surface area contributed by atoms with E-state index in [1.54, 1.807) is 95.4 Å². The van der Waals surface area contributed by atoms with E-state index < -0.39 is 17.9 Å². The van der Waals surface area contributed by atoms with Gasteiger partial charge in [0.15, 0.2) is 0 Å². The van der Waals surface area contributed by atoms with Crippen molar-refractivity contribution in [1.29, 1.82) is 0 Å². The Morgan fingerprint density at radius 1 is 0.393 bits per heavy atom. The number of carbonyl (C=O) groups is 4. The van der Waals surface area contributed by atoms with Crippen LogP contribution in [0.3, 0.4) is 0 Å². The first kappa shape index (κ1) is 36.2. The second-order valence-corrected chi connectivity index (χ2v) is 15.8. The van der Waals surface area contributed by atoms with E-state index in [9.17, 15) is 34.5 Å². The second kappa shape index (κ2) is 13.3. The summed E-state index contributed by atoms with van der Waals surface area (Å²) >= 11 is 1.79. The van der Waals surface area contributed by atoms with Gasteiger partial charge in [0.05, 0.1) is 70.0 Å². The fourth-order valence-corrected chi connectivity index (χ4v) is 9.19. The van der Waals surface area contributed by atoms with Gasteiger partial charge in [0.25, 0.3) is 22.8 Å². The Balaban J connectivity index is 1.43. The lowest BCUT2D eigenvalue weighted by molar-refractivity contribution is -1.12. The summed E-state index contributed by atoms with van der Waals surface area (Å²) in [7, 11) is 0. The lowest BCUT2D eigenvalue weighted by Gasteiger charge is -2.18. The molecule has 0 spiro atoms. The molecule has 4 aromatic heterocycles. The number of rotatable bonds is 8. The number of halogens is 1. The van der Waals surface area contributed by atoms with Crippen LogP contribution >= 0.6 is 22.6 Å². The molecule has 61 heavy (non-hydrogen) atoms. The van der Waals surface area contributed by atoms with Crippen molar-refractivity contribution in [3.8, 4) is 44.5 Å². The van der Waals surface area contributed by atoms with Crippen molar-refractivity contribution in [2.24, 2.45) is 0 Å². The summed E-state index contributed by atoms with van der Waals surface area (Å²) in [6, 6.07) is 36.0. The summed E-state index contributed by atoms with van der Waals surface area (Å²) in [6.45, 7) is 0. The first-order valence-corrected chi connectivity index (χ1v) is 20.1. The Bertz CT molecular complexity index is 3020. The molecule has 13 heteroatoms. The minimum Gasteiger partial charge on any atom is -0.478 e. The summed E-state index contributed by atoms with van der Waals surface area (Å²) in [4.78, 5) is 48.7. The van der Waals surface area contributed by atoms with Crippen LogP contribution in [0.15, 0.2) is 121 Å². The molecule has 8 heterocycles. The third-order valence-corrected chi connectivity index (χ3v) is 12.2. The topological polar surface area (TPSA) is 159 Å². The molecule has 4 aliphatic rings. The quantitative estimate of drug-likeness (QED) is 0.0670. The van der Waals surface area contributed by atoms with Crippen molar-refractivity contribution >= 4 is 90.7 Å². The molecule has 0 atom stereocenters. The molecule has 0 aliphatic carbocycles. The maximum atomic E-state index is 12.5. The molecule has 4 aliphatic heterocycles. The number of aromatic nitrogens is 4. The number of hydrogen-bond donors (Lipinski definition) is 4. The molecule has 4 aromatic carbocycles. The minimum atomic E-state index is -1.04. The highest BCUT2D eigenvalue weighted by Crippen LogP contribution is 2.41. The van der Waals surface area contributed by atoms with E-state index in [0.29, 0.717) is 5.56 Å². The van der Waals surface area contributed by atoms with Gasteiger partial charge in [0, 0.05) is 52.5 Å². The van der Waals surface area contributed by atoms with Crippen LogP contribution in [-0.2, 0) is 0 Å². The van der Waals surface area contributed by atoms with E-state index in [1.165, 1.54) is 0 Å². The molecule has 0 fully saturated rings. The Hall–Kier alpha value is -7.91. The molecule has 0 unspecified atom stereocenters. The highest BCUT2D eigenvalue weighted by molar-refractivity contribution is 14.1. The summed E-state index contributed by atoms with van der Waals surface area (Å²) in [5.74, 6) is -3.12. The summed E-state index contributed by atoms with van der Waals surface area (Å²) in [6.07, 6.45) is 8.20. The molecule has 0 saturated carbocycles. The molecular weight excluding hydrogens is 885 g/mol. The molecule has 0 radical (unpaired) electrons. The lowest BCUT2D eigenvalue weighted by atomic mass is 10.0. The van der Waals surface area contributed by atoms with Gasteiger partial charge in [-0.15, -0.1) is 0 Å². The Labute approximate surface area is 358 Å². The second-order valence-electron chi connectivity index (χ2n) is 14.8. The number of benzene rings is 4. The van der Waals surface area contributed by atoms with Gasteiger partial charge in [0.2, 0.25) is 3.79 Å². The first-order valence-electron chi connectivity index (χ1n) is 19.0. The van der Waals surface area contributed by atoms with Crippen molar-refractivity contribution < 1.29 is 43.5 Å². The third-order valence-electron chi connectivity index (χ3n) is 11.6. The van der Waals surface area contributed by atoms with Crippen LogP contribution in [0.5, 0.6) is 0 Å². The lowest BCUT2D eigenvalue weighted by Crippen LogP contribution is -2.57. The maximum absolute atomic E-state index is 12.5. The summed E-state index contributed by atoms with van der Waals surface area (Å²) in [5, 5.41) is 29.6. The van der Waals surface area contributed by atoms with E-state index in [0.717, 1.165) is 89.4 Å². The molecule has 0 saturated heterocycles. The van der Waals surface area contributed by atoms with E-state index in [1.807, 2.05) is 70.0 Å². The van der Waals surface area contributed by atoms with Gasteiger partial charge in [-0.2, -0.15) is 0 Å². The Morgan fingerprint density at radius 3 is 0.869 bits per heavy atom. The highest BCUT2D eigenvalue weighted by Gasteiger charge is 2.41. The average molecular weight is 914 g/mol.